The number of rotatable bonds is 9. The molecule has 0 radical (unpaired) electrons. The van der Waals surface area contributed by atoms with Crippen LogP contribution in [0.2, 0.25) is 0 Å². The zero-order valence-corrected chi connectivity index (χ0v) is 13.3. The molecule has 0 aromatic rings. The summed E-state index contributed by atoms with van der Waals surface area (Å²) in [6.07, 6.45) is 5.82. The Hall–Kier alpha value is -0.530. The van der Waals surface area contributed by atoms with Gasteiger partial charge in [-0.3, -0.25) is 4.79 Å². The van der Waals surface area contributed by atoms with Gasteiger partial charge in [-0.25, -0.2) is 0 Å². The fourth-order valence-electron chi connectivity index (χ4n) is 2.57. The lowest BCUT2D eigenvalue weighted by Crippen LogP contribution is -2.38. The normalized spacial score (nSPS) is 15.2. The van der Waals surface area contributed by atoms with E-state index in [1.54, 1.807) is 0 Å². The maximum Gasteiger partial charge on any atom is 0.306 e. The van der Waals surface area contributed by atoms with Crippen LogP contribution in [0.25, 0.3) is 0 Å². The summed E-state index contributed by atoms with van der Waals surface area (Å²) in [7, 11) is 0. The Morgan fingerprint density at radius 3 is 1.83 bits per heavy atom. The molecule has 2 nitrogen and oxygen atoms in total. The monoisotopic (exact) mass is 256 g/mol. The van der Waals surface area contributed by atoms with Crippen LogP contribution in [0.15, 0.2) is 0 Å². The Morgan fingerprint density at radius 1 is 0.944 bits per heavy atom. The molecule has 1 unspecified atom stereocenters. The molecule has 0 spiro atoms. The van der Waals surface area contributed by atoms with Crippen molar-refractivity contribution in [1.82, 2.24) is 0 Å². The average Bonchev–Trinajstić information content (AvgIpc) is 2.37. The molecule has 0 heterocycles. The van der Waals surface area contributed by atoms with Gasteiger partial charge in [-0.2, -0.15) is 0 Å². The summed E-state index contributed by atoms with van der Waals surface area (Å²) in [4.78, 5) is 11.9. The van der Waals surface area contributed by atoms with Crippen LogP contribution in [0.1, 0.15) is 80.1 Å². The molecular formula is C16H32O2. The molecule has 0 amide bonds. The fraction of sp³-hybridized carbons (Fsp3) is 0.938. The van der Waals surface area contributed by atoms with E-state index < -0.39 is 0 Å². The first-order chi connectivity index (χ1) is 8.39. The van der Waals surface area contributed by atoms with Crippen molar-refractivity contribution in [3.05, 3.63) is 0 Å². The van der Waals surface area contributed by atoms with Gasteiger partial charge in [0.05, 0.1) is 13.0 Å². The minimum Gasteiger partial charge on any atom is -0.466 e. The molecule has 1 atom stereocenters. The predicted molar refractivity (Wildman–Crippen MR) is 77.6 cm³/mol. The van der Waals surface area contributed by atoms with Gasteiger partial charge in [-0.1, -0.05) is 60.8 Å². The predicted octanol–water partition coefficient (Wildman–Crippen LogP) is 4.96. The first-order valence-corrected chi connectivity index (χ1v) is 7.54. The number of carbonyl (C=O) groups excluding carboxylic acids is 1. The highest BCUT2D eigenvalue weighted by molar-refractivity contribution is 5.70. The van der Waals surface area contributed by atoms with E-state index in [0.29, 0.717) is 13.0 Å². The minimum atomic E-state index is -0.0269. The maximum atomic E-state index is 11.9. The Balaban J connectivity index is 4.61. The number of hydrogen-bond donors (Lipinski definition) is 0. The topological polar surface area (TPSA) is 26.3 Å². The molecule has 0 bridgehead atoms. The molecule has 0 N–H and O–H groups in total. The van der Waals surface area contributed by atoms with Crippen LogP contribution in [0.3, 0.4) is 0 Å². The zero-order valence-electron chi connectivity index (χ0n) is 13.3. The Bertz CT molecular complexity index is 243. The van der Waals surface area contributed by atoms with Gasteiger partial charge in [0.25, 0.3) is 0 Å². The van der Waals surface area contributed by atoms with E-state index in [0.717, 1.165) is 32.1 Å². The SMILES string of the molecule is CCCCOC(=O)CC(C)(CC)C(C)(CC)CC. The number of hydrogen-bond acceptors (Lipinski definition) is 2. The summed E-state index contributed by atoms with van der Waals surface area (Å²) in [6, 6.07) is 0. The van der Waals surface area contributed by atoms with Crippen LogP contribution in [-0.2, 0) is 9.53 Å². The molecule has 0 rings (SSSR count). The van der Waals surface area contributed by atoms with Crippen LogP contribution in [0, 0.1) is 10.8 Å². The highest BCUT2D eigenvalue weighted by Crippen LogP contribution is 2.49. The van der Waals surface area contributed by atoms with E-state index in [-0.39, 0.29) is 16.8 Å². The zero-order chi connectivity index (χ0) is 14.2. The van der Waals surface area contributed by atoms with Crippen molar-refractivity contribution >= 4 is 5.97 Å². The standard InChI is InChI=1S/C16H32O2/c1-7-11-12-18-14(17)13-16(6,10-4)15(5,8-2)9-3/h7-13H2,1-6H3. The first kappa shape index (κ1) is 17.5. The third-order valence-electron chi connectivity index (χ3n) is 5.09. The number of unbranched alkanes of at least 4 members (excludes halogenated alkanes) is 1. The third kappa shape index (κ3) is 4.29. The summed E-state index contributed by atoms with van der Waals surface area (Å²) >= 11 is 0. The summed E-state index contributed by atoms with van der Waals surface area (Å²) in [5, 5.41) is 0. The maximum absolute atomic E-state index is 11.9. The van der Waals surface area contributed by atoms with Crippen molar-refractivity contribution in [2.75, 3.05) is 6.61 Å². The van der Waals surface area contributed by atoms with Crippen LogP contribution in [-0.4, -0.2) is 12.6 Å². The second-order valence-electron chi connectivity index (χ2n) is 5.93. The van der Waals surface area contributed by atoms with E-state index in [2.05, 4.69) is 41.5 Å². The van der Waals surface area contributed by atoms with Gasteiger partial charge >= 0.3 is 5.97 Å². The summed E-state index contributed by atoms with van der Waals surface area (Å²) in [5.74, 6) is -0.0269. The van der Waals surface area contributed by atoms with E-state index in [1.807, 2.05) is 0 Å². The molecule has 2 heteroatoms. The van der Waals surface area contributed by atoms with Crippen LogP contribution < -0.4 is 0 Å². The molecule has 0 aliphatic heterocycles. The Kier molecular flexibility index (Phi) is 7.58. The summed E-state index contributed by atoms with van der Waals surface area (Å²) in [5.41, 5.74) is 0.255. The van der Waals surface area contributed by atoms with Crippen molar-refractivity contribution in [2.24, 2.45) is 10.8 Å². The molecule has 0 aliphatic rings. The molecule has 0 saturated carbocycles. The van der Waals surface area contributed by atoms with E-state index in [9.17, 15) is 4.79 Å². The van der Waals surface area contributed by atoms with Crippen LogP contribution in [0.5, 0.6) is 0 Å². The van der Waals surface area contributed by atoms with Gasteiger partial charge in [0, 0.05) is 0 Å². The van der Waals surface area contributed by atoms with Gasteiger partial charge < -0.3 is 4.74 Å². The molecule has 0 saturated heterocycles. The second kappa shape index (κ2) is 7.81. The first-order valence-electron chi connectivity index (χ1n) is 7.54. The van der Waals surface area contributed by atoms with Gasteiger partial charge in [-0.05, 0) is 23.7 Å². The number of ether oxygens (including phenoxy) is 1. The highest BCUT2D eigenvalue weighted by atomic mass is 16.5. The van der Waals surface area contributed by atoms with E-state index >= 15 is 0 Å². The van der Waals surface area contributed by atoms with Gasteiger partial charge in [0.1, 0.15) is 0 Å². The average molecular weight is 256 g/mol. The lowest BCUT2D eigenvalue weighted by Gasteiger charge is -2.45. The minimum absolute atomic E-state index is 0.0269. The van der Waals surface area contributed by atoms with Crippen molar-refractivity contribution in [3.8, 4) is 0 Å². The van der Waals surface area contributed by atoms with Gasteiger partial charge in [-0.15, -0.1) is 0 Å². The third-order valence-corrected chi connectivity index (χ3v) is 5.09. The molecule has 0 aromatic heterocycles. The molecular weight excluding hydrogens is 224 g/mol. The van der Waals surface area contributed by atoms with Crippen molar-refractivity contribution in [1.29, 1.82) is 0 Å². The van der Waals surface area contributed by atoms with E-state index in [4.69, 9.17) is 4.74 Å². The smallest absolute Gasteiger partial charge is 0.306 e. The molecule has 0 aromatic carbocycles. The molecule has 108 valence electrons. The fourth-order valence-corrected chi connectivity index (χ4v) is 2.57. The van der Waals surface area contributed by atoms with Crippen LogP contribution >= 0.6 is 0 Å². The lowest BCUT2D eigenvalue weighted by molar-refractivity contribution is -0.149. The van der Waals surface area contributed by atoms with Gasteiger partial charge in [0.2, 0.25) is 0 Å². The Labute approximate surface area is 113 Å². The molecule has 0 fully saturated rings. The lowest BCUT2D eigenvalue weighted by atomic mass is 9.59. The molecule has 0 aliphatic carbocycles. The second-order valence-corrected chi connectivity index (χ2v) is 5.93. The van der Waals surface area contributed by atoms with Gasteiger partial charge in [0.15, 0.2) is 0 Å². The van der Waals surface area contributed by atoms with Crippen molar-refractivity contribution in [2.45, 2.75) is 80.1 Å². The van der Waals surface area contributed by atoms with Crippen molar-refractivity contribution in [3.63, 3.8) is 0 Å². The number of carbonyl (C=O) groups is 1. The largest absolute Gasteiger partial charge is 0.466 e. The summed E-state index contributed by atoms with van der Waals surface area (Å²) in [6.45, 7) is 13.8. The Morgan fingerprint density at radius 2 is 1.44 bits per heavy atom. The van der Waals surface area contributed by atoms with Crippen LogP contribution in [0.4, 0.5) is 0 Å². The molecule has 18 heavy (non-hydrogen) atoms. The number of esters is 1. The quantitative estimate of drug-likeness (QED) is 0.430. The van der Waals surface area contributed by atoms with Crippen molar-refractivity contribution < 1.29 is 9.53 Å². The highest BCUT2D eigenvalue weighted by Gasteiger charge is 2.42. The van der Waals surface area contributed by atoms with E-state index in [1.165, 1.54) is 0 Å². The summed E-state index contributed by atoms with van der Waals surface area (Å²) < 4.78 is 5.33.